The summed E-state index contributed by atoms with van der Waals surface area (Å²) in [6.07, 6.45) is 0.374. The van der Waals surface area contributed by atoms with Gasteiger partial charge in [-0.3, -0.25) is 9.59 Å². The maximum Gasteiger partial charge on any atom is 0.337 e. The third-order valence-electron chi connectivity index (χ3n) is 3.25. The molecule has 3 N–H and O–H groups in total. The zero-order valence-electron chi connectivity index (χ0n) is 11.3. The number of nitrogens with zero attached hydrogens (tertiary/aromatic N) is 1. The first-order valence-electron chi connectivity index (χ1n) is 6.20. The number of rotatable bonds is 2. The molecular weight excluding hydrogens is 260 g/mol. The number of carboxylic acids is 1. The zero-order valence-corrected chi connectivity index (χ0v) is 11.3. The van der Waals surface area contributed by atoms with Gasteiger partial charge in [0.2, 0.25) is 11.8 Å². The van der Waals surface area contributed by atoms with Crippen LogP contribution >= 0.6 is 0 Å². The monoisotopic (exact) mass is 276 g/mol. The number of hydrogen-bond acceptors (Lipinski definition) is 4. The highest BCUT2D eigenvalue weighted by molar-refractivity contribution is 6.19. The van der Waals surface area contributed by atoms with Crippen molar-refractivity contribution in [3.8, 4) is 0 Å². The number of carbonyl (C=O) groups is 3. The van der Waals surface area contributed by atoms with E-state index in [1.165, 1.54) is 18.2 Å². The van der Waals surface area contributed by atoms with Crippen LogP contribution in [0, 0.1) is 5.41 Å². The lowest BCUT2D eigenvalue weighted by atomic mass is 9.81. The fourth-order valence-electron chi connectivity index (χ4n) is 2.36. The van der Waals surface area contributed by atoms with E-state index in [0.717, 1.165) is 4.90 Å². The van der Waals surface area contributed by atoms with Crippen LogP contribution in [0.25, 0.3) is 0 Å². The Balaban J connectivity index is 2.51. The molecule has 1 aromatic carbocycles. The molecule has 20 heavy (non-hydrogen) atoms. The second-order valence-corrected chi connectivity index (χ2v) is 5.72. The van der Waals surface area contributed by atoms with Gasteiger partial charge >= 0.3 is 5.97 Å². The molecule has 1 saturated heterocycles. The minimum absolute atomic E-state index is 0.0444. The zero-order chi connectivity index (χ0) is 15.1. The summed E-state index contributed by atoms with van der Waals surface area (Å²) in [5.74, 6) is -2.01. The van der Waals surface area contributed by atoms with Gasteiger partial charge in [0.25, 0.3) is 0 Å². The Kier molecular flexibility index (Phi) is 3.25. The van der Waals surface area contributed by atoms with Crippen molar-refractivity contribution in [1.82, 2.24) is 0 Å². The van der Waals surface area contributed by atoms with Crippen LogP contribution in [0.2, 0.25) is 0 Å². The van der Waals surface area contributed by atoms with Crippen molar-refractivity contribution >= 4 is 29.2 Å². The van der Waals surface area contributed by atoms with E-state index in [2.05, 4.69) is 0 Å². The van der Waals surface area contributed by atoms with Crippen LogP contribution in [0.4, 0.5) is 11.4 Å². The molecule has 2 rings (SSSR count). The first kappa shape index (κ1) is 14.0. The Morgan fingerprint density at radius 1 is 1.25 bits per heavy atom. The number of amides is 2. The number of aromatic carboxylic acids is 1. The molecule has 2 amide bonds. The molecule has 1 heterocycles. The number of hydrogen-bond donors (Lipinski definition) is 2. The van der Waals surface area contributed by atoms with Crippen LogP contribution in [-0.2, 0) is 9.59 Å². The number of carboxylic acid groups (broad SMARTS) is 1. The summed E-state index contributed by atoms with van der Waals surface area (Å²) in [7, 11) is 0. The van der Waals surface area contributed by atoms with E-state index in [1.54, 1.807) is 0 Å². The lowest BCUT2D eigenvalue weighted by Gasteiger charge is -2.35. The van der Waals surface area contributed by atoms with E-state index in [0.29, 0.717) is 5.69 Å². The quantitative estimate of drug-likeness (QED) is 0.631. The second-order valence-electron chi connectivity index (χ2n) is 5.72. The molecule has 1 aromatic rings. The SMILES string of the molecule is CC1(C)CC(=O)N(c2cc(N)ccc2C(=O)O)C(=O)C1. The molecule has 106 valence electrons. The highest BCUT2D eigenvalue weighted by Gasteiger charge is 2.39. The average molecular weight is 276 g/mol. The minimum atomic E-state index is -1.20. The smallest absolute Gasteiger partial charge is 0.337 e. The first-order chi connectivity index (χ1) is 9.21. The van der Waals surface area contributed by atoms with Gasteiger partial charge in [0.05, 0.1) is 11.3 Å². The lowest BCUT2D eigenvalue weighted by molar-refractivity contribution is -0.132. The highest BCUT2D eigenvalue weighted by Crippen LogP contribution is 2.35. The Hall–Kier alpha value is -2.37. The summed E-state index contributed by atoms with van der Waals surface area (Å²) in [5.41, 5.74) is 5.46. The highest BCUT2D eigenvalue weighted by atomic mass is 16.4. The number of nitrogen functional groups attached to an aromatic ring is 1. The summed E-state index contributed by atoms with van der Waals surface area (Å²) >= 11 is 0. The molecule has 0 bridgehead atoms. The topological polar surface area (TPSA) is 101 Å². The maximum atomic E-state index is 12.2. The predicted molar refractivity (Wildman–Crippen MR) is 73.3 cm³/mol. The predicted octanol–water partition coefficient (Wildman–Crippen LogP) is 1.65. The molecule has 0 radical (unpaired) electrons. The van der Waals surface area contributed by atoms with Crippen molar-refractivity contribution in [3.05, 3.63) is 23.8 Å². The normalized spacial score (nSPS) is 18.2. The van der Waals surface area contributed by atoms with Crippen molar-refractivity contribution < 1.29 is 19.5 Å². The van der Waals surface area contributed by atoms with Gasteiger partial charge in [-0.1, -0.05) is 13.8 Å². The van der Waals surface area contributed by atoms with E-state index >= 15 is 0 Å². The Morgan fingerprint density at radius 3 is 2.30 bits per heavy atom. The van der Waals surface area contributed by atoms with Gasteiger partial charge in [0, 0.05) is 18.5 Å². The average Bonchev–Trinajstić information content (AvgIpc) is 2.25. The molecule has 1 aliphatic rings. The fraction of sp³-hybridized carbons (Fsp3) is 0.357. The number of piperidine rings is 1. The van der Waals surface area contributed by atoms with Gasteiger partial charge in [0.15, 0.2) is 0 Å². The van der Waals surface area contributed by atoms with Gasteiger partial charge in [-0.15, -0.1) is 0 Å². The number of carbonyl (C=O) groups excluding carboxylic acids is 2. The molecule has 6 nitrogen and oxygen atoms in total. The Bertz CT molecular complexity index is 587. The van der Waals surface area contributed by atoms with Crippen molar-refractivity contribution in [3.63, 3.8) is 0 Å². The molecule has 0 atom stereocenters. The summed E-state index contributed by atoms with van der Waals surface area (Å²) in [6.45, 7) is 3.66. The molecule has 1 fully saturated rings. The summed E-state index contributed by atoms with van der Waals surface area (Å²) in [4.78, 5) is 36.5. The van der Waals surface area contributed by atoms with Gasteiger partial charge in [-0.25, -0.2) is 9.69 Å². The van der Waals surface area contributed by atoms with Crippen LogP contribution in [0.5, 0.6) is 0 Å². The molecule has 1 aliphatic heterocycles. The van der Waals surface area contributed by atoms with E-state index < -0.39 is 23.2 Å². The van der Waals surface area contributed by atoms with Crippen LogP contribution in [0.1, 0.15) is 37.0 Å². The first-order valence-corrected chi connectivity index (χ1v) is 6.20. The molecule has 0 saturated carbocycles. The van der Waals surface area contributed by atoms with Gasteiger partial charge < -0.3 is 10.8 Å². The third kappa shape index (κ3) is 2.49. The van der Waals surface area contributed by atoms with Crippen LogP contribution in [-0.4, -0.2) is 22.9 Å². The molecule has 0 aliphatic carbocycles. The standard InChI is InChI=1S/C14H16N2O4/c1-14(2)6-11(17)16(12(18)7-14)10-5-8(15)3-4-9(10)13(19)20/h3-5H,6-7,15H2,1-2H3,(H,19,20). The maximum absolute atomic E-state index is 12.2. The van der Waals surface area contributed by atoms with Crippen molar-refractivity contribution in [2.45, 2.75) is 26.7 Å². The number of benzene rings is 1. The van der Waals surface area contributed by atoms with Gasteiger partial charge in [-0.05, 0) is 23.6 Å². The molecule has 0 spiro atoms. The van der Waals surface area contributed by atoms with Gasteiger partial charge in [0.1, 0.15) is 0 Å². The number of anilines is 2. The second kappa shape index (κ2) is 4.63. The molecule has 6 heteroatoms. The Labute approximate surface area is 116 Å². The van der Waals surface area contributed by atoms with E-state index in [4.69, 9.17) is 5.73 Å². The Morgan fingerprint density at radius 2 is 1.80 bits per heavy atom. The molecular formula is C14H16N2O4. The van der Waals surface area contributed by atoms with E-state index in [1.807, 2.05) is 13.8 Å². The van der Waals surface area contributed by atoms with Crippen LogP contribution < -0.4 is 10.6 Å². The number of nitrogens with two attached hydrogens (primary N) is 1. The van der Waals surface area contributed by atoms with E-state index in [9.17, 15) is 19.5 Å². The minimum Gasteiger partial charge on any atom is -0.478 e. The van der Waals surface area contributed by atoms with E-state index in [-0.39, 0.29) is 24.1 Å². The largest absolute Gasteiger partial charge is 0.478 e. The van der Waals surface area contributed by atoms with Crippen molar-refractivity contribution in [2.75, 3.05) is 10.6 Å². The fourth-order valence-corrected chi connectivity index (χ4v) is 2.36. The van der Waals surface area contributed by atoms with Gasteiger partial charge in [-0.2, -0.15) is 0 Å². The third-order valence-corrected chi connectivity index (χ3v) is 3.25. The van der Waals surface area contributed by atoms with Crippen molar-refractivity contribution in [1.29, 1.82) is 0 Å². The molecule has 0 unspecified atom stereocenters. The molecule has 0 aromatic heterocycles. The summed E-state index contributed by atoms with van der Waals surface area (Å²) < 4.78 is 0. The van der Waals surface area contributed by atoms with Crippen LogP contribution in [0.3, 0.4) is 0 Å². The lowest BCUT2D eigenvalue weighted by Crippen LogP contribution is -2.46. The summed E-state index contributed by atoms with van der Waals surface area (Å²) in [6, 6.07) is 4.07. The number of imide groups is 1. The summed E-state index contributed by atoms with van der Waals surface area (Å²) in [5, 5.41) is 9.17. The van der Waals surface area contributed by atoms with Crippen molar-refractivity contribution in [2.24, 2.45) is 5.41 Å². The van der Waals surface area contributed by atoms with Crippen LogP contribution in [0.15, 0.2) is 18.2 Å².